The van der Waals surface area contributed by atoms with E-state index in [1.807, 2.05) is 0 Å². The lowest BCUT2D eigenvalue weighted by atomic mass is 9.80. The summed E-state index contributed by atoms with van der Waals surface area (Å²) < 4.78 is 2.40. The minimum absolute atomic E-state index is 0.560. The second-order valence-corrected chi connectivity index (χ2v) is 19.0. The Bertz CT molecular complexity index is 3850. The van der Waals surface area contributed by atoms with Gasteiger partial charge in [0, 0.05) is 33.3 Å². The number of nitrogens with zero attached hydrogens (tertiary/aromatic N) is 2. The predicted molar refractivity (Wildman–Crippen MR) is 298 cm³/mol. The molecule has 11 aromatic carbocycles. The Balaban J connectivity index is 1.03. The van der Waals surface area contributed by atoms with Crippen molar-refractivity contribution in [3.8, 4) is 50.2 Å². The fourth-order valence-electron chi connectivity index (χ4n) is 11.7. The zero-order valence-corrected chi connectivity index (χ0v) is 39.2. The first-order chi connectivity index (χ1) is 34.7. The van der Waals surface area contributed by atoms with E-state index in [9.17, 15) is 0 Å². The molecule has 0 amide bonds. The van der Waals surface area contributed by atoms with Crippen molar-refractivity contribution in [2.75, 3.05) is 4.90 Å². The highest BCUT2D eigenvalue weighted by atomic mass is 15.1. The summed E-state index contributed by atoms with van der Waals surface area (Å²) in [6, 6.07) is 92.2. The molecule has 0 radical (unpaired) electrons. The summed E-state index contributed by atoms with van der Waals surface area (Å²) >= 11 is 0. The summed E-state index contributed by atoms with van der Waals surface area (Å²) in [5, 5.41) is 7.68. The third-order valence-electron chi connectivity index (χ3n) is 15.0. The van der Waals surface area contributed by atoms with Crippen molar-refractivity contribution in [1.29, 1.82) is 0 Å². The molecule has 0 unspecified atom stereocenters. The summed E-state index contributed by atoms with van der Waals surface area (Å²) in [5.41, 5.74) is 18.0. The van der Waals surface area contributed by atoms with E-state index >= 15 is 0 Å². The zero-order chi connectivity index (χ0) is 46.4. The van der Waals surface area contributed by atoms with Gasteiger partial charge in [-0.15, -0.1) is 0 Å². The Kier molecular flexibility index (Phi) is 10.7. The second kappa shape index (κ2) is 17.9. The van der Waals surface area contributed by atoms with Gasteiger partial charge >= 0.3 is 0 Å². The van der Waals surface area contributed by atoms with E-state index in [-0.39, 0.29) is 0 Å². The standard InChI is InChI=1S/C68H52N2/c1-4-19-49(20-5-1)58-43-40-53(57-32-16-24-48-23-10-11-29-56(48)57)46-66(58)70(65-36-15-13-31-61(65)63-34-18-26-51-25-17-33-59(68(51)63)50-21-6-2-7-22-50)55-41-37-47(38-42-55)52-39-44-62-60-30-12-14-35-64(60)69(67(62)45-52)54-27-8-3-9-28-54/h1,3-5,8-20,23-46,50H,2,6-7,21-22H2. The van der Waals surface area contributed by atoms with Gasteiger partial charge in [-0.3, -0.25) is 0 Å². The summed E-state index contributed by atoms with van der Waals surface area (Å²) in [7, 11) is 0. The SMILES string of the molecule is c1ccc(-c2ccc(-c3cccc4ccccc34)cc2N(c2ccc(-c3ccc4c5ccccc5n(-c5ccccc5)c4c3)cc2)c2ccccc2-c2cccc3cccc(C4CCCCC4)c23)cc1. The molecule has 13 rings (SSSR count). The predicted octanol–water partition coefficient (Wildman–Crippen LogP) is 19.3. The van der Waals surface area contributed by atoms with Crippen molar-refractivity contribution in [3.63, 3.8) is 0 Å². The van der Waals surface area contributed by atoms with Crippen LogP contribution in [0.3, 0.4) is 0 Å². The van der Waals surface area contributed by atoms with E-state index < -0.39 is 0 Å². The molecule has 1 fully saturated rings. The van der Waals surface area contributed by atoms with Crippen LogP contribution in [0.4, 0.5) is 17.1 Å². The molecular weight excluding hydrogens is 845 g/mol. The Morgan fingerprint density at radius 3 is 1.79 bits per heavy atom. The van der Waals surface area contributed by atoms with Gasteiger partial charge in [0.25, 0.3) is 0 Å². The molecule has 1 aromatic heterocycles. The fraction of sp³-hybridized carbons (Fsp3) is 0.0882. The number of hydrogen-bond donors (Lipinski definition) is 0. The first kappa shape index (κ1) is 41.7. The molecule has 0 bridgehead atoms. The molecule has 12 aromatic rings. The topological polar surface area (TPSA) is 8.17 Å². The van der Waals surface area contributed by atoms with Gasteiger partial charge < -0.3 is 9.47 Å². The average Bonchev–Trinajstić information content (AvgIpc) is 3.77. The van der Waals surface area contributed by atoms with Crippen molar-refractivity contribution in [1.82, 2.24) is 4.57 Å². The number of fused-ring (bicyclic) bond motifs is 5. The number of para-hydroxylation sites is 3. The Morgan fingerprint density at radius 1 is 0.343 bits per heavy atom. The van der Waals surface area contributed by atoms with Crippen LogP contribution >= 0.6 is 0 Å². The van der Waals surface area contributed by atoms with Gasteiger partial charge in [-0.05, 0) is 128 Å². The minimum Gasteiger partial charge on any atom is -0.309 e. The van der Waals surface area contributed by atoms with Gasteiger partial charge in [-0.1, -0.05) is 219 Å². The van der Waals surface area contributed by atoms with E-state index in [0.29, 0.717) is 5.92 Å². The van der Waals surface area contributed by atoms with Crippen molar-refractivity contribution in [2.45, 2.75) is 38.0 Å². The van der Waals surface area contributed by atoms with Gasteiger partial charge in [0.2, 0.25) is 0 Å². The maximum absolute atomic E-state index is 2.54. The van der Waals surface area contributed by atoms with Gasteiger partial charge in [-0.2, -0.15) is 0 Å². The molecule has 0 saturated heterocycles. The lowest BCUT2D eigenvalue weighted by molar-refractivity contribution is 0.445. The molecule has 0 spiro atoms. The summed E-state index contributed by atoms with van der Waals surface area (Å²) in [6.45, 7) is 0. The van der Waals surface area contributed by atoms with Crippen LogP contribution in [0.2, 0.25) is 0 Å². The Morgan fingerprint density at radius 2 is 0.957 bits per heavy atom. The Hall–Kier alpha value is -8.46. The first-order valence-corrected chi connectivity index (χ1v) is 25.0. The van der Waals surface area contributed by atoms with E-state index in [1.54, 1.807) is 0 Å². The smallest absolute Gasteiger partial charge is 0.0547 e. The molecule has 0 N–H and O–H groups in total. The monoisotopic (exact) mass is 896 g/mol. The maximum atomic E-state index is 2.54. The highest BCUT2D eigenvalue weighted by Gasteiger charge is 2.25. The number of benzene rings is 11. The maximum Gasteiger partial charge on any atom is 0.0547 e. The van der Waals surface area contributed by atoms with Gasteiger partial charge in [0.05, 0.1) is 22.4 Å². The fourth-order valence-corrected chi connectivity index (χ4v) is 11.7. The van der Waals surface area contributed by atoms with Crippen LogP contribution in [-0.2, 0) is 0 Å². The van der Waals surface area contributed by atoms with E-state index in [4.69, 9.17) is 0 Å². The van der Waals surface area contributed by atoms with Crippen molar-refractivity contribution in [2.24, 2.45) is 0 Å². The number of rotatable bonds is 9. The highest BCUT2D eigenvalue weighted by Crippen LogP contribution is 2.49. The van der Waals surface area contributed by atoms with Crippen LogP contribution in [0.1, 0.15) is 43.6 Å². The summed E-state index contributed by atoms with van der Waals surface area (Å²) in [6.07, 6.45) is 6.42. The average molecular weight is 897 g/mol. The zero-order valence-electron chi connectivity index (χ0n) is 39.2. The normalized spacial score (nSPS) is 13.1. The molecule has 70 heavy (non-hydrogen) atoms. The van der Waals surface area contributed by atoms with Crippen molar-refractivity contribution < 1.29 is 0 Å². The minimum atomic E-state index is 0.560. The van der Waals surface area contributed by atoms with Crippen LogP contribution in [0, 0.1) is 0 Å². The molecule has 0 atom stereocenters. The molecule has 0 aliphatic heterocycles. The molecular formula is C68H52N2. The molecule has 1 aliphatic carbocycles. The number of aromatic nitrogens is 1. The summed E-state index contributed by atoms with van der Waals surface area (Å²) in [4.78, 5) is 2.54. The largest absolute Gasteiger partial charge is 0.309 e. The molecule has 1 heterocycles. The quantitative estimate of drug-likeness (QED) is 0.140. The van der Waals surface area contributed by atoms with Gasteiger partial charge in [-0.25, -0.2) is 0 Å². The van der Waals surface area contributed by atoms with Crippen molar-refractivity contribution in [3.05, 3.63) is 254 Å². The molecule has 2 nitrogen and oxygen atoms in total. The highest BCUT2D eigenvalue weighted by molar-refractivity contribution is 6.10. The summed E-state index contributed by atoms with van der Waals surface area (Å²) in [5.74, 6) is 0.560. The molecule has 2 heteroatoms. The van der Waals surface area contributed by atoms with Crippen LogP contribution in [0.25, 0.3) is 93.5 Å². The molecule has 334 valence electrons. The van der Waals surface area contributed by atoms with E-state index in [0.717, 1.165) is 22.7 Å². The third kappa shape index (κ3) is 7.36. The Labute approximate surface area is 410 Å². The third-order valence-corrected chi connectivity index (χ3v) is 15.0. The molecule has 1 saturated carbocycles. The van der Waals surface area contributed by atoms with Crippen LogP contribution < -0.4 is 4.90 Å². The van der Waals surface area contributed by atoms with Crippen LogP contribution in [0.5, 0.6) is 0 Å². The lowest BCUT2D eigenvalue weighted by Crippen LogP contribution is -2.13. The van der Waals surface area contributed by atoms with Crippen molar-refractivity contribution >= 4 is 60.4 Å². The van der Waals surface area contributed by atoms with Crippen LogP contribution in [-0.4, -0.2) is 4.57 Å². The first-order valence-electron chi connectivity index (χ1n) is 25.0. The molecule has 1 aliphatic rings. The lowest BCUT2D eigenvalue weighted by Gasteiger charge is -2.31. The number of anilines is 3. The number of hydrogen-bond acceptors (Lipinski definition) is 1. The van der Waals surface area contributed by atoms with E-state index in [1.165, 1.54) is 126 Å². The van der Waals surface area contributed by atoms with Crippen LogP contribution in [0.15, 0.2) is 249 Å². The van der Waals surface area contributed by atoms with Gasteiger partial charge in [0.15, 0.2) is 0 Å². The second-order valence-electron chi connectivity index (χ2n) is 19.0. The van der Waals surface area contributed by atoms with E-state index in [2.05, 4.69) is 258 Å². The van der Waals surface area contributed by atoms with Gasteiger partial charge in [0.1, 0.15) is 0 Å².